The summed E-state index contributed by atoms with van der Waals surface area (Å²) in [6.07, 6.45) is 2.87. The number of nitrogens with one attached hydrogen (secondary N) is 3. The monoisotopic (exact) mass is 618 g/mol. The van der Waals surface area contributed by atoms with Crippen LogP contribution in [-0.2, 0) is 16.2 Å². The van der Waals surface area contributed by atoms with Gasteiger partial charge in [0.05, 0.1) is 19.3 Å². The van der Waals surface area contributed by atoms with Crippen LogP contribution < -0.4 is 16.0 Å². The predicted molar refractivity (Wildman–Crippen MR) is 173 cm³/mol. The zero-order chi connectivity index (χ0) is 31.9. The van der Waals surface area contributed by atoms with Gasteiger partial charge in [0.1, 0.15) is 12.1 Å². The summed E-state index contributed by atoms with van der Waals surface area (Å²) >= 11 is 0. The molecule has 5 aliphatic rings. The zero-order valence-corrected chi connectivity index (χ0v) is 27.0. The molecule has 0 spiro atoms. The van der Waals surface area contributed by atoms with Gasteiger partial charge in [0.15, 0.2) is 0 Å². The van der Waals surface area contributed by atoms with Crippen molar-refractivity contribution >= 4 is 11.8 Å². The minimum absolute atomic E-state index is 0.0844. The Morgan fingerprint density at radius 1 is 1.13 bits per heavy atom. The fourth-order valence-corrected chi connectivity index (χ4v) is 8.60. The fourth-order valence-electron chi connectivity index (χ4n) is 8.60. The van der Waals surface area contributed by atoms with Crippen molar-refractivity contribution in [1.29, 1.82) is 0 Å². The minimum Gasteiger partial charge on any atom is -0.394 e. The van der Waals surface area contributed by atoms with Gasteiger partial charge in [0, 0.05) is 30.1 Å². The molecule has 2 heterocycles. The maximum Gasteiger partial charge on any atom is 0.251 e. The van der Waals surface area contributed by atoms with E-state index in [-0.39, 0.29) is 24.5 Å². The van der Waals surface area contributed by atoms with Crippen LogP contribution in [0.4, 0.5) is 0 Å². The highest BCUT2D eigenvalue weighted by Crippen LogP contribution is 2.61. The van der Waals surface area contributed by atoms with Crippen molar-refractivity contribution < 1.29 is 24.6 Å². The topological polar surface area (TPSA) is 123 Å². The third kappa shape index (κ3) is 6.43. The molecule has 2 aromatic rings. The van der Waals surface area contributed by atoms with Crippen LogP contribution in [0, 0.1) is 29.1 Å². The molecule has 9 heteroatoms. The Morgan fingerprint density at radius 3 is 2.56 bits per heavy atom. The molecule has 9 nitrogen and oxygen atoms in total. The van der Waals surface area contributed by atoms with Gasteiger partial charge in [0.2, 0.25) is 5.91 Å². The zero-order valence-electron chi connectivity index (χ0n) is 27.0. The number of rotatable bonds is 10. The second kappa shape index (κ2) is 13.1. The van der Waals surface area contributed by atoms with Crippen molar-refractivity contribution in [2.45, 2.75) is 90.3 Å². The van der Waals surface area contributed by atoms with Crippen molar-refractivity contribution in [2.75, 3.05) is 19.7 Å². The van der Waals surface area contributed by atoms with E-state index in [4.69, 9.17) is 4.84 Å². The molecule has 0 unspecified atom stereocenters. The Kier molecular flexibility index (Phi) is 9.37. The molecule has 2 amide bonds. The number of carbonyl (C=O) groups excluding carboxylic acids is 2. The molecular weight excluding hydrogens is 568 g/mol. The quantitative estimate of drug-likeness (QED) is 0.276. The standard InChI is InChI=1S/C36H50N4O5/c1-21-29-16-27(36(29,3)4)17-30(21)39-35(44)33-32(22(2)42)31(20-41)45-40(33)19-23-8-5-9-24(14-23)25-10-6-11-26(15-25)34(43)38-18-28-12-7-13-37-28/h5-6,8-11,14-15,21-22,27-33,37,41-42H,7,12-13,16-20H2,1-4H3,(H,38,43)(H,39,44)/t21-,22-,27-,28-,29+,30-,31-,32+,33-/m0/s1. The number of carbonyl (C=O) groups is 2. The third-order valence-electron chi connectivity index (χ3n) is 11.5. The molecule has 2 aliphatic heterocycles. The molecule has 7 rings (SSSR count). The van der Waals surface area contributed by atoms with Gasteiger partial charge in [0.25, 0.3) is 5.91 Å². The Balaban J connectivity index is 1.17. The second-order valence-corrected chi connectivity index (χ2v) is 14.5. The maximum absolute atomic E-state index is 14.0. The van der Waals surface area contributed by atoms with Gasteiger partial charge >= 0.3 is 0 Å². The Hall–Kier alpha value is -2.82. The van der Waals surface area contributed by atoms with E-state index >= 15 is 0 Å². The van der Waals surface area contributed by atoms with E-state index in [1.165, 1.54) is 6.42 Å². The molecule has 9 atom stereocenters. The van der Waals surface area contributed by atoms with Crippen LogP contribution in [0.1, 0.15) is 69.3 Å². The Morgan fingerprint density at radius 2 is 1.89 bits per heavy atom. The average Bonchev–Trinajstić information content (AvgIpc) is 3.69. The highest BCUT2D eigenvalue weighted by molar-refractivity contribution is 5.95. The lowest BCUT2D eigenvalue weighted by Crippen LogP contribution is -2.62. The molecule has 5 N–H and O–H groups in total. The predicted octanol–water partition coefficient (Wildman–Crippen LogP) is 3.50. The summed E-state index contributed by atoms with van der Waals surface area (Å²) in [6.45, 7) is 10.2. The molecule has 2 bridgehead atoms. The smallest absolute Gasteiger partial charge is 0.251 e. The first kappa shape index (κ1) is 32.1. The first-order valence-electron chi connectivity index (χ1n) is 16.8. The molecular formula is C36H50N4O5. The summed E-state index contributed by atoms with van der Waals surface area (Å²) in [7, 11) is 0. The first-order valence-corrected chi connectivity index (χ1v) is 16.8. The van der Waals surface area contributed by atoms with Crippen LogP contribution in [0.5, 0.6) is 0 Å². The van der Waals surface area contributed by atoms with Crippen LogP contribution in [0.3, 0.4) is 0 Å². The van der Waals surface area contributed by atoms with Crippen LogP contribution >= 0.6 is 0 Å². The lowest BCUT2D eigenvalue weighted by molar-refractivity contribution is -0.183. The number of hydroxylamine groups is 2. The van der Waals surface area contributed by atoms with Gasteiger partial charge in [-0.25, -0.2) is 0 Å². The van der Waals surface area contributed by atoms with Crippen LogP contribution in [-0.4, -0.2) is 77.1 Å². The summed E-state index contributed by atoms with van der Waals surface area (Å²) in [6, 6.07) is 15.3. The van der Waals surface area contributed by atoms with Gasteiger partial charge in [-0.05, 0) is 97.2 Å². The number of fused-ring (bicyclic) bond motifs is 2. The summed E-state index contributed by atoms with van der Waals surface area (Å²) < 4.78 is 0. The van der Waals surface area contributed by atoms with Crippen molar-refractivity contribution in [3.63, 3.8) is 0 Å². The Bertz CT molecular complexity index is 1370. The van der Waals surface area contributed by atoms with E-state index in [1.807, 2.05) is 48.5 Å². The van der Waals surface area contributed by atoms with E-state index in [2.05, 4.69) is 36.7 Å². The van der Waals surface area contributed by atoms with E-state index in [0.717, 1.165) is 42.5 Å². The highest BCUT2D eigenvalue weighted by atomic mass is 16.7. The maximum atomic E-state index is 14.0. The SMILES string of the molecule is C[C@@H]1[C@@H](NC(=O)[C@@H]2[C@H]([C@H](C)O)[C@H](CO)ON2Cc2cccc(-c3cccc(C(=O)NC[C@@H]4CCCN4)c3)c2)C[C@@H]2C[C@H]1C2(C)C. The number of benzene rings is 2. The van der Waals surface area contributed by atoms with Gasteiger partial charge in [-0.2, -0.15) is 5.06 Å². The summed E-state index contributed by atoms with van der Waals surface area (Å²) in [5.74, 6) is 0.750. The van der Waals surface area contributed by atoms with Crippen molar-refractivity contribution in [3.8, 4) is 11.1 Å². The van der Waals surface area contributed by atoms with Crippen molar-refractivity contribution in [1.82, 2.24) is 21.0 Å². The van der Waals surface area contributed by atoms with Crippen LogP contribution in [0.2, 0.25) is 0 Å². The average molecular weight is 619 g/mol. The van der Waals surface area contributed by atoms with Gasteiger partial charge < -0.3 is 26.2 Å². The number of amides is 2. The molecule has 0 aromatic heterocycles. The molecule has 244 valence electrons. The van der Waals surface area contributed by atoms with E-state index in [9.17, 15) is 19.8 Å². The van der Waals surface area contributed by atoms with Gasteiger partial charge in [-0.1, -0.05) is 51.1 Å². The lowest BCUT2D eigenvalue weighted by atomic mass is 9.45. The largest absolute Gasteiger partial charge is 0.394 e. The summed E-state index contributed by atoms with van der Waals surface area (Å²) in [5, 5.41) is 32.4. The molecule has 3 saturated carbocycles. The molecule has 5 fully saturated rings. The Labute approximate surface area is 267 Å². The number of hydrogen-bond donors (Lipinski definition) is 5. The lowest BCUT2D eigenvalue weighted by Gasteiger charge is -2.62. The first-order chi connectivity index (χ1) is 21.6. The molecule has 45 heavy (non-hydrogen) atoms. The van der Waals surface area contributed by atoms with E-state index in [1.54, 1.807) is 12.0 Å². The molecule has 2 aromatic carbocycles. The number of hydrogen-bond acceptors (Lipinski definition) is 7. The number of aliphatic hydroxyl groups excluding tert-OH is 2. The third-order valence-corrected chi connectivity index (χ3v) is 11.5. The van der Waals surface area contributed by atoms with Crippen molar-refractivity contribution in [2.24, 2.45) is 29.1 Å². The fraction of sp³-hybridized carbons (Fsp3) is 0.611. The molecule has 2 saturated heterocycles. The van der Waals surface area contributed by atoms with Gasteiger partial charge in [-0.3, -0.25) is 14.4 Å². The van der Waals surface area contributed by atoms with Crippen LogP contribution in [0.25, 0.3) is 11.1 Å². The van der Waals surface area contributed by atoms with Crippen molar-refractivity contribution in [3.05, 3.63) is 59.7 Å². The summed E-state index contributed by atoms with van der Waals surface area (Å²) in [5.41, 5.74) is 3.71. The minimum atomic E-state index is -0.844. The normalized spacial score (nSPS) is 32.9. The highest BCUT2D eigenvalue weighted by Gasteiger charge is 2.57. The second-order valence-electron chi connectivity index (χ2n) is 14.5. The summed E-state index contributed by atoms with van der Waals surface area (Å²) in [4.78, 5) is 33.1. The molecule has 3 aliphatic carbocycles. The number of aliphatic hydroxyl groups is 2. The van der Waals surface area contributed by atoms with E-state index in [0.29, 0.717) is 47.9 Å². The molecule has 0 radical (unpaired) electrons. The number of nitrogens with zero attached hydrogens (tertiary/aromatic N) is 1. The van der Waals surface area contributed by atoms with E-state index < -0.39 is 24.2 Å². The van der Waals surface area contributed by atoms with Crippen LogP contribution in [0.15, 0.2) is 48.5 Å². The van der Waals surface area contributed by atoms with Gasteiger partial charge in [-0.15, -0.1) is 0 Å².